The third-order valence-electron chi connectivity index (χ3n) is 4.31. The molecule has 4 nitrogen and oxygen atoms in total. The van der Waals surface area contributed by atoms with E-state index in [-0.39, 0.29) is 0 Å². The molecule has 0 radical (unpaired) electrons. The van der Waals surface area contributed by atoms with Gasteiger partial charge >= 0.3 is 0 Å². The fraction of sp³-hybridized carbons (Fsp3) is 0.500. The number of rotatable bonds is 6. The van der Waals surface area contributed by atoms with Crippen LogP contribution in [0.5, 0.6) is 0 Å². The number of hydrogen-bond donors (Lipinski definition) is 0. The van der Waals surface area contributed by atoms with Gasteiger partial charge in [-0.2, -0.15) is 0 Å². The summed E-state index contributed by atoms with van der Waals surface area (Å²) in [5.41, 5.74) is 1.56. The smallest absolute Gasteiger partial charge is 0.170 e. The van der Waals surface area contributed by atoms with Crippen LogP contribution < -0.4 is 4.90 Å². The van der Waals surface area contributed by atoms with Gasteiger partial charge in [-0.05, 0) is 49.7 Å². The zero-order chi connectivity index (χ0) is 13.5. The minimum absolute atomic E-state index is 0.696. The third kappa shape index (κ3) is 2.19. The van der Waals surface area contributed by atoms with Crippen molar-refractivity contribution in [2.24, 2.45) is 11.8 Å². The number of carbonyl (C=O) groups is 1. The Hall–Kier alpha value is -1.84. The molecule has 4 rings (SSSR count). The lowest BCUT2D eigenvalue weighted by Crippen LogP contribution is -2.29. The summed E-state index contributed by atoms with van der Waals surface area (Å²) < 4.78 is 1.90. The zero-order valence-electron chi connectivity index (χ0n) is 11.5. The summed E-state index contributed by atoms with van der Waals surface area (Å²) in [6.07, 6.45) is 8.16. The van der Waals surface area contributed by atoms with Crippen molar-refractivity contribution in [1.29, 1.82) is 0 Å². The Bertz CT molecular complexity index is 626. The maximum Gasteiger partial charge on any atom is 0.170 e. The van der Waals surface area contributed by atoms with Gasteiger partial charge in [-0.15, -0.1) is 0 Å². The van der Waals surface area contributed by atoms with Crippen LogP contribution in [-0.2, 0) is 0 Å². The number of hydrogen-bond acceptors (Lipinski definition) is 3. The van der Waals surface area contributed by atoms with Gasteiger partial charge in [0.1, 0.15) is 11.3 Å². The van der Waals surface area contributed by atoms with Crippen LogP contribution in [0.3, 0.4) is 0 Å². The summed E-state index contributed by atoms with van der Waals surface area (Å²) in [6.45, 7) is 2.11. The average molecular weight is 269 g/mol. The van der Waals surface area contributed by atoms with Gasteiger partial charge in [0.25, 0.3) is 0 Å². The molecule has 104 valence electrons. The minimum atomic E-state index is 0.696. The van der Waals surface area contributed by atoms with Crippen molar-refractivity contribution < 1.29 is 4.79 Å². The number of imidazole rings is 1. The Morgan fingerprint density at radius 3 is 2.50 bits per heavy atom. The first kappa shape index (κ1) is 11.9. The van der Waals surface area contributed by atoms with E-state index in [0.717, 1.165) is 42.7 Å². The van der Waals surface area contributed by atoms with Crippen LogP contribution in [0.15, 0.2) is 24.4 Å². The van der Waals surface area contributed by atoms with E-state index in [1.807, 2.05) is 28.8 Å². The Morgan fingerprint density at radius 1 is 1.20 bits per heavy atom. The highest BCUT2D eigenvalue weighted by Crippen LogP contribution is 2.36. The highest BCUT2D eigenvalue weighted by molar-refractivity contribution is 5.83. The number of aldehydes is 1. The Balaban J connectivity index is 1.73. The first-order chi connectivity index (χ1) is 9.85. The molecule has 2 aliphatic rings. The molecule has 4 heteroatoms. The van der Waals surface area contributed by atoms with E-state index in [4.69, 9.17) is 4.98 Å². The lowest BCUT2D eigenvalue weighted by atomic mass is 10.3. The molecule has 0 saturated heterocycles. The predicted octanol–water partition coefficient (Wildman–Crippen LogP) is 2.77. The van der Waals surface area contributed by atoms with Crippen LogP contribution in [-0.4, -0.2) is 28.8 Å². The second-order valence-corrected chi connectivity index (χ2v) is 6.16. The van der Waals surface area contributed by atoms with Crippen molar-refractivity contribution in [3.05, 3.63) is 30.1 Å². The summed E-state index contributed by atoms with van der Waals surface area (Å²) in [5.74, 6) is 2.49. The van der Waals surface area contributed by atoms with E-state index in [9.17, 15) is 4.79 Å². The first-order valence-corrected chi connectivity index (χ1v) is 7.52. The van der Waals surface area contributed by atoms with Crippen molar-refractivity contribution in [3.63, 3.8) is 0 Å². The topological polar surface area (TPSA) is 37.6 Å². The number of carbonyl (C=O) groups excluding carboxylic acids is 1. The van der Waals surface area contributed by atoms with Crippen LogP contribution in [0, 0.1) is 11.8 Å². The van der Waals surface area contributed by atoms with Crippen molar-refractivity contribution in [1.82, 2.24) is 9.38 Å². The minimum Gasteiger partial charge on any atom is -0.354 e. The fourth-order valence-corrected chi connectivity index (χ4v) is 2.82. The van der Waals surface area contributed by atoms with Gasteiger partial charge < -0.3 is 4.90 Å². The normalized spacial score (nSPS) is 18.4. The van der Waals surface area contributed by atoms with Gasteiger partial charge in [-0.1, -0.05) is 6.07 Å². The van der Waals surface area contributed by atoms with Gasteiger partial charge in [-0.25, -0.2) is 4.98 Å². The largest absolute Gasteiger partial charge is 0.354 e. The monoisotopic (exact) mass is 269 g/mol. The Kier molecular flexibility index (Phi) is 2.76. The lowest BCUT2D eigenvalue weighted by molar-refractivity contribution is 0.111. The van der Waals surface area contributed by atoms with Crippen LogP contribution in [0.25, 0.3) is 5.65 Å². The molecule has 2 saturated carbocycles. The fourth-order valence-electron chi connectivity index (χ4n) is 2.82. The average Bonchev–Trinajstić information content (AvgIpc) is 3.38. The molecule has 2 aromatic rings. The van der Waals surface area contributed by atoms with Crippen molar-refractivity contribution >= 4 is 17.8 Å². The van der Waals surface area contributed by atoms with Crippen molar-refractivity contribution in [2.45, 2.75) is 25.7 Å². The maximum atomic E-state index is 11.5. The molecule has 0 atom stereocenters. The van der Waals surface area contributed by atoms with Crippen LogP contribution in [0.1, 0.15) is 36.2 Å². The van der Waals surface area contributed by atoms with Crippen molar-refractivity contribution in [2.75, 3.05) is 18.0 Å². The second kappa shape index (κ2) is 4.62. The van der Waals surface area contributed by atoms with Gasteiger partial charge in [-0.3, -0.25) is 9.20 Å². The summed E-state index contributed by atoms with van der Waals surface area (Å²) >= 11 is 0. The molecule has 0 amide bonds. The maximum absolute atomic E-state index is 11.5. The van der Waals surface area contributed by atoms with E-state index in [0.29, 0.717) is 5.69 Å². The quantitative estimate of drug-likeness (QED) is 0.757. The molecule has 2 aromatic heterocycles. The first-order valence-electron chi connectivity index (χ1n) is 7.52. The van der Waals surface area contributed by atoms with Crippen LogP contribution >= 0.6 is 0 Å². The molecule has 2 heterocycles. The molecular formula is C16H19N3O. The molecule has 0 spiro atoms. The molecule has 20 heavy (non-hydrogen) atoms. The van der Waals surface area contributed by atoms with Crippen molar-refractivity contribution in [3.8, 4) is 0 Å². The number of nitrogens with zero attached hydrogens (tertiary/aromatic N) is 3. The molecule has 0 bridgehead atoms. The third-order valence-corrected chi connectivity index (χ3v) is 4.31. The van der Waals surface area contributed by atoms with Gasteiger partial charge in [0.05, 0.1) is 0 Å². The highest BCUT2D eigenvalue weighted by Gasteiger charge is 2.31. The number of aromatic nitrogens is 2. The molecule has 0 N–H and O–H groups in total. The van der Waals surface area contributed by atoms with E-state index in [1.165, 1.54) is 25.7 Å². The molecule has 0 aromatic carbocycles. The summed E-state index contributed by atoms with van der Waals surface area (Å²) in [5, 5.41) is 0. The Labute approximate surface area is 118 Å². The molecule has 2 aliphatic carbocycles. The van der Waals surface area contributed by atoms with E-state index < -0.39 is 0 Å². The number of fused-ring (bicyclic) bond motifs is 1. The number of anilines is 1. The van der Waals surface area contributed by atoms with Gasteiger partial charge in [0, 0.05) is 19.3 Å². The van der Waals surface area contributed by atoms with E-state index in [2.05, 4.69) is 4.90 Å². The Morgan fingerprint density at radius 2 is 1.90 bits per heavy atom. The lowest BCUT2D eigenvalue weighted by Gasteiger charge is -2.22. The standard InChI is InChI=1S/C16H19N3O/c20-11-14-16(17-15-3-1-2-8-19(14)15)18(9-12-4-5-12)10-13-6-7-13/h1-3,8,11-13H,4-7,9-10H2. The SMILES string of the molecule is O=Cc1c(N(CC2CC2)CC2CC2)nc2ccccn12. The van der Waals surface area contributed by atoms with Gasteiger partial charge in [0.2, 0.25) is 0 Å². The van der Waals surface area contributed by atoms with E-state index in [1.54, 1.807) is 0 Å². The number of pyridine rings is 1. The van der Waals surface area contributed by atoms with E-state index >= 15 is 0 Å². The highest BCUT2D eigenvalue weighted by atomic mass is 16.1. The summed E-state index contributed by atoms with van der Waals surface area (Å²) in [7, 11) is 0. The zero-order valence-corrected chi connectivity index (χ0v) is 11.5. The molecular weight excluding hydrogens is 250 g/mol. The van der Waals surface area contributed by atoms with Crippen LogP contribution in [0.4, 0.5) is 5.82 Å². The van der Waals surface area contributed by atoms with Gasteiger partial charge in [0.15, 0.2) is 12.1 Å². The summed E-state index contributed by atoms with van der Waals surface area (Å²) in [6, 6.07) is 5.87. The summed E-state index contributed by atoms with van der Waals surface area (Å²) in [4.78, 5) is 18.6. The van der Waals surface area contributed by atoms with Crippen LogP contribution in [0.2, 0.25) is 0 Å². The molecule has 0 aliphatic heterocycles. The second-order valence-electron chi connectivity index (χ2n) is 6.16. The molecule has 0 unspecified atom stereocenters. The molecule has 2 fully saturated rings. The predicted molar refractivity (Wildman–Crippen MR) is 78.2 cm³/mol.